The molecule has 6 heteroatoms. The quantitative estimate of drug-likeness (QED) is 0.875. The number of rotatable bonds is 6. The molecule has 2 amide bonds. The van der Waals surface area contributed by atoms with Gasteiger partial charge < -0.3 is 9.47 Å². The Balaban J connectivity index is 2.45. The molecule has 0 radical (unpaired) electrons. The van der Waals surface area contributed by atoms with E-state index in [0.29, 0.717) is 31.1 Å². The van der Waals surface area contributed by atoms with Gasteiger partial charge in [-0.15, -0.1) is 0 Å². The lowest BCUT2D eigenvalue weighted by Gasteiger charge is -2.24. The van der Waals surface area contributed by atoms with Crippen LogP contribution >= 0.6 is 11.8 Å². The molecule has 2 rings (SSSR count). The van der Waals surface area contributed by atoms with Gasteiger partial charge in [-0.3, -0.25) is 14.9 Å². The molecule has 1 aromatic carbocycles. The van der Waals surface area contributed by atoms with E-state index in [9.17, 15) is 9.59 Å². The van der Waals surface area contributed by atoms with Gasteiger partial charge in [0.25, 0.3) is 5.24 Å². The van der Waals surface area contributed by atoms with Crippen LogP contribution in [0, 0.1) is 0 Å². The van der Waals surface area contributed by atoms with Crippen LogP contribution in [0.4, 0.5) is 4.79 Å². The van der Waals surface area contributed by atoms with Gasteiger partial charge in [-0.1, -0.05) is 13.0 Å². The van der Waals surface area contributed by atoms with Crippen LogP contribution in [0.15, 0.2) is 18.2 Å². The Labute approximate surface area is 128 Å². The molecule has 21 heavy (non-hydrogen) atoms. The van der Waals surface area contributed by atoms with Crippen molar-refractivity contribution in [2.45, 2.75) is 31.9 Å². The minimum absolute atomic E-state index is 0.272. The van der Waals surface area contributed by atoms with Gasteiger partial charge in [0, 0.05) is 0 Å². The van der Waals surface area contributed by atoms with Gasteiger partial charge in [0.1, 0.15) is 4.75 Å². The Morgan fingerprint density at radius 2 is 1.76 bits per heavy atom. The number of hydrogen-bond acceptors (Lipinski definition) is 5. The third-order valence-corrected chi connectivity index (χ3v) is 4.70. The van der Waals surface area contributed by atoms with Gasteiger partial charge in [0.05, 0.1) is 13.2 Å². The highest BCUT2D eigenvalue weighted by Crippen LogP contribution is 2.46. The molecular formula is C15H19NO4S. The molecule has 1 unspecified atom stereocenters. The Hall–Kier alpha value is -1.69. The van der Waals surface area contributed by atoms with E-state index in [0.717, 1.165) is 17.3 Å². The van der Waals surface area contributed by atoms with Crippen molar-refractivity contribution >= 4 is 22.9 Å². The molecule has 1 heterocycles. The summed E-state index contributed by atoms with van der Waals surface area (Å²) in [5, 5.41) is 2.05. The lowest BCUT2D eigenvalue weighted by atomic mass is 9.94. The molecule has 1 aromatic rings. The maximum atomic E-state index is 12.2. The Kier molecular flexibility index (Phi) is 4.77. The summed E-state index contributed by atoms with van der Waals surface area (Å²) in [5.74, 6) is 0.966. The Morgan fingerprint density at radius 1 is 1.10 bits per heavy atom. The molecule has 1 atom stereocenters. The topological polar surface area (TPSA) is 64.6 Å². The number of carbonyl (C=O) groups is 2. The van der Waals surface area contributed by atoms with Gasteiger partial charge >= 0.3 is 0 Å². The molecule has 0 bridgehead atoms. The standard InChI is InChI=1S/C15H19NO4S/c1-4-15(13(17)16-14(18)21-15)10-7-8-11(19-5-2)12(9-10)20-6-3/h7-9H,4-6H2,1-3H3,(H,16,17,18). The maximum absolute atomic E-state index is 12.2. The highest BCUT2D eigenvalue weighted by molar-refractivity contribution is 8.15. The third-order valence-electron chi connectivity index (χ3n) is 3.36. The van der Waals surface area contributed by atoms with E-state index in [1.54, 1.807) is 12.1 Å². The summed E-state index contributed by atoms with van der Waals surface area (Å²) in [6.45, 7) is 6.71. The molecule has 0 saturated carbocycles. The minimum Gasteiger partial charge on any atom is -0.490 e. The average molecular weight is 309 g/mol. The van der Waals surface area contributed by atoms with Crippen molar-refractivity contribution in [3.8, 4) is 11.5 Å². The summed E-state index contributed by atoms with van der Waals surface area (Å²) in [5.41, 5.74) is 0.755. The van der Waals surface area contributed by atoms with Gasteiger partial charge in [-0.05, 0) is 49.7 Å². The normalized spacial score (nSPS) is 21.3. The summed E-state index contributed by atoms with van der Waals surface area (Å²) in [6, 6.07) is 5.41. The van der Waals surface area contributed by atoms with E-state index in [1.807, 2.05) is 26.8 Å². The molecule has 0 aromatic heterocycles. The fourth-order valence-electron chi connectivity index (χ4n) is 2.35. The predicted octanol–water partition coefficient (Wildman–Crippen LogP) is 3.07. The molecule has 5 nitrogen and oxygen atoms in total. The maximum Gasteiger partial charge on any atom is 0.287 e. The van der Waals surface area contributed by atoms with Crippen molar-refractivity contribution in [1.29, 1.82) is 0 Å². The van der Waals surface area contributed by atoms with Crippen LogP contribution in [0.3, 0.4) is 0 Å². The van der Waals surface area contributed by atoms with Crippen molar-refractivity contribution < 1.29 is 19.1 Å². The molecule has 1 aliphatic rings. The zero-order valence-corrected chi connectivity index (χ0v) is 13.2. The zero-order valence-electron chi connectivity index (χ0n) is 12.4. The van der Waals surface area contributed by atoms with Gasteiger partial charge in [0.15, 0.2) is 11.5 Å². The van der Waals surface area contributed by atoms with Gasteiger partial charge in [-0.2, -0.15) is 0 Å². The largest absolute Gasteiger partial charge is 0.490 e. The fourth-order valence-corrected chi connectivity index (χ4v) is 3.35. The van der Waals surface area contributed by atoms with Crippen molar-refractivity contribution in [2.75, 3.05) is 13.2 Å². The molecule has 1 aliphatic heterocycles. The van der Waals surface area contributed by atoms with E-state index in [1.165, 1.54) is 0 Å². The third kappa shape index (κ3) is 2.85. The summed E-state index contributed by atoms with van der Waals surface area (Å²) in [4.78, 5) is 23.7. The van der Waals surface area contributed by atoms with E-state index >= 15 is 0 Å². The molecule has 1 saturated heterocycles. The number of ether oxygens (including phenoxy) is 2. The number of nitrogens with one attached hydrogen (secondary N) is 1. The predicted molar refractivity (Wildman–Crippen MR) is 81.9 cm³/mol. The number of benzene rings is 1. The zero-order chi connectivity index (χ0) is 15.5. The van der Waals surface area contributed by atoms with Crippen LogP contribution in [0.1, 0.15) is 32.8 Å². The molecule has 1 fully saturated rings. The van der Waals surface area contributed by atoms with E-state index in [2.05, 4.69) is 5.32 Å². The molecule has 0 spiro atoms. The van der Waals surface area contributed by atoms with Crippen molar-refractivity contribution in [3.63, 3.8) is 0 Å². The van der Waals surface area contributed by atoms with Crippen LogP contribution in [0.5, 0.6) is 11.5 Å². The number of amides is 2. The first-order valence-electron chi connectivity index (χ1n) is 7.02. The summed E-state index contributed by atoms with van der Waals surface area (Å²) in [6.07, 6.45) is 0.523. The van der Waals surface area contributed by atoms with Crippen molar-refractivity contribution in [1.82, 2.24) is 5.32 Å². The number of thioether (sulfide) groups is 1. The van der Waals surface area contributed by atoms with Crippen LogP contribution < -0.4 is 14.8 Å². The second-order valence-electron chi connectivity index (χ2n) is 4.55. The lowest BCUT2D eigenvalue weighted by Crippen LogP contribution is -2.33. The Bertz CT molecular complexity index is 561. The van der Waals surface area contributed by atoms with E-state index < -0.39 is 4.75 Å². The fraction of sp³-hybridized carbons (Fsp3) is 0.467. The lowest BCUT2D eigenvalue weighted by molar-refractivity contribution is -0.122. The van der Waals surface area contributed by atoms with Crippen LogP contribution in [-0.4, -0.2) is 24.4 Å². The molecule has 0 aliphatic carbocycles. The first-order valence-corrected chi connectivity index (χ1v) is 7.83. The monoisotopic (exact) mass is 309 g/mol. The smallest absolute Gasteiger partial charge is 0.287 e. The van der Waals surface area contributed by atoms with Crippen molar-refractivity contribution in [2.24, 2.45) is 0 Å². The SMILES string of the molecule is CCOc1ccc(C2(CC)SC(=O)NC2=O)cc1OCC. The van der Waals surface area contributed by atoms with Gasteiger partial charge in [-0.25, -0.2) is 0 Å². The van der Waals surface area contributed by atoms with Gasteiger partial charge in [0.2, 0.25) is 5.91 Å². The van der Waals surface area contributed by atoms with E-state index in [-0.39, 0.29) is 11.1 Å². The first kappa shape index (κ1) is 15.7. The number of imide groups is 1. The molecule has 1 N–H and O–H groups in total. The summed E-state index contributed by atoms with van der Waals surface area (Å²) >= 11 is 1.02. The average Bonchev–Trinajstić information content (AvgIpc) is 2.76. The number of carbonyl (C=O) groups excluding carboxylic acids is 2. The summed E-state index contributed by atoms with van der Waals surface area (Å²) in [7, 11) is 0. The van der Waals surface area contributed by atoms with Crippen LogP contribution in [0.25, 0.3) is 0 Å². The minimum atomic E-state index is -0.881. The number of hydrogen-bond donors (Lipinski definition) is 1. The second-order valence-corrected chi connectivity index (χ2v) is 5.82. The van der Waals surface area contributed by atoms with E-state index in [4.69, 9.17) is 9.47 Å². The molecule has 114 valence electrons. The second kappa shape index (κ2) is 6.39. The van der Waals surface area contributed by atoms with Crippen LogP contribution in [0.2, 0.25) is 0 Å². The van der Waals surface area contributed by atoms with Crippen molar-refractivity contribution in [3.05, 3.63) is 23.8 Å². The summed E-state index contributed by atoms with van der Waals surface area (Å²) < 4.78 is 10.2. The van der Waals surface area contributed by atoms with Crippen LogP contribution in [-0.2, 0) is 9.54 Å². The molecular weight excluding hydrogens is 290 g/mol. The Morgan fingerprint density at radius 3 is 2.29 bits per heavy atom. The first-order chi connectivity index (χ1) is 10.1. The highest BCUT2D eigenvalue weighted by Gasteiger charge is 2.48. The highest BCUT2D eigenvalue weighted by atomic mass is 32.2.